The number of thioether (sulfide) groups is 3. The number of aromatic carboxylic acids is 3. The summed E-state index contributed by atoms with van der Waals surface area (Å²) in [6, 6.07) is 10.4. The molecule has 0 aliphatic carbocycles. The van der Waals surface area contributed by atoms with Gasteiger partial charge in [0.15, 0.2) is 8.68 Å². The highest BCUT2D eigenvalue weighted by molar-refractivity contribution is 8.03. The van der Waals surface area contributed by atoms with Gasteiger partial charge in [-0.25, -0.2) is 19.4 Å². The fourth-order valence-corrected chi connectivity index (χ4v) is 12.9. The van der Waals surface area contributed by atoms with Crippen molar-refractivity contribution < 1.29 is 81.5 Å². The molecule has 21 nitrogen and oxygen atoms in total. The topological polar surface area (TPSA) is 315 Å². The number of alkyl halides is 3. The van der Waals surface area contributed by atoms with E-state index in [1.165, 1.54) is 41.1 Å². The molecule has 0 unspecified atom stereocenters. The number of hydrogen-bond acceptors (Lipinski definition) is 20. The van der Waals surface area contributed by atoms with Crippen LogP contribution in [0.2, 0.25) is 0 Å². The fourth-order valence-electron chi connectivity index (χ4n) is 7.64. The zero-order valence-corrected chi connectivity index (χ0v) is 42.8. The van der Waals surface area contributed by atoms with Gasteiger partial charge in [-0.1, -0.05) is 71.3 Å². The number of anilines is 2. The Morgan fingerprint density at radius 2 is 1.14 bits per heavy atom. The number of nitrogens with one attached hydrogen (secondary N) is 2. The van der Waals surface area contributed by atoms with Crippen LogP contribution in [0.4, 0.5) is 24.7 Å². The average molecular weight is 1120 g/mol. The molecule has 386 valence electrons. The average Bonchev–Trinajstić information content (AvgIpc) is 4.08. The zero-order chi connectivity index (χ0) is 53.8. The number of amides is 2. The van der Waals surface area contributed by atoms with Crippen LogP contribution >= 0.6 is 58.0 Å². The van der Waals surface area contributed by atoms with Crippen molar-refractivity contribution in [2.45, 2.75) is 75.4 Å². The monoisotopic (exact) mass is 1120 g/mol. The molecule has 3 aliphatic rings. The molecule has 6 aromatic rings. The van der Waals surface area contributed by atoms with Gasteiger partial charge in [0.2, 0.25) is 17.8 Å². The number of carboxylic acid groups (broad SMARTS) is 3. The minimum atomic E-state index is -4.57. The van der Waals surface area contributed by atoms with E-state index in [0.717, 1.165) is 22.9 Å². The molecule has 0 fully saturated rings. The van der Waals surface area contributed by atoms with E-state index in [-0.39, 0.29) is 55.0 Å². The predicted molar refractivity (Wildman–Crippen MR) is 270 cm³/mol. The van der Waals surface area contributed by atoms with Crippen LogP contribution in [0.1, 0.15) is 69.5 Å². The zero-order valence-electron chi connectivity index (χ0n) is 38.7. The lowest BCUT2D eigenvalue weighted by Crippen LogP contribution is -2.41. The Morgan fingerprint density at radius 3 is 1.54 bits per heavy atom. The second-order valence-electron chi connectivity index (χ2n) is 16.1. The number of rotatable bonds is 13. The number of thiazole rings is 1. The molecule has 74 heavy (non-hydrogen) atoms. The fraction of sp³-hybridized carbons (Fsp3) is 0.262. The standard InChI is InChI=1S/C15H16BN3O5S.C14H13BN2O5S2.C13H10BF3N2O4S2/c1-8-3-4-9-5-11(16(23)24-13(9)12(8)15(21)22)25-14-10(17-7-20)6-18-19(14)2;1-7-2-3-8-4-9(15(21)22-12(8)11(7)13(19)20)24-14-17-10(5-23-14)16-6-18;1-5-2-3-6-4-7(14(22)23-9(6)8(5)10(20)21)24-12-19-18-11(25-12)13(15,16)17/h3-4,6-7,11,23H,5H2,1-2H3,(H,17,20)(H,21,22);2-3,5-6,9,21H,4H2,1H3,(H,16,18)(H,19,20);2-3,7,22H,4H2,1H3,(H,20,21)/t11-;9-;7-/m000/s1. The summed E-state index contributed by atoms with van der Waals surface area (Å²) in [5.74, 6) is -2.35. The van der Waals surface area contributed by atoms with Crippen molar-refractivity contribution in [2.75, 3.05) is 10.6 Å². The molecule has 0 saturated heterocycles. The molecule has 2 amide bonds. The van der Waals surface area contributed by atoms with Crippen molar-refractivity contribution in [1.29, 1.82) is 0 Å². The van der Waals surface area contributed by atoms with Gasteiger partial charge in [-0.15, -0.1) is 33.3 Å². The van der Waals surface area contributed by atoms with Crippen molar-refractivity contribution in [1.82, 2.24) is 25.0 Å². The molecule has 9 rings (SSSR count). The first kappa shape index (κ1) is 55.5. The normalized spacial score (nSPS) is 16.5. The summed E-state index contributed by atoms with van der Waals surface area (Å²) in [5, 5.41) is 74.5. The first-order chi connectivity index (χ1) is 35.1. The van der Waals surface area contributed by atoms with Crippen LogP contribution in [-0.4, -0.2) is 123 Å². The van der Waals surface area contributed by atoms with Gasteiger partial charge in [0.1, 0.15) is 44.8 Å². The number of halogens is 3. The van der Waals surface area contributed by atoms with Crippen LogP contribution < -0.4 is 24.6 Å². The smallest absolute Gasteiger partial charge is 0.535 e. The third-order valence-electron chi connectivity index (χ3n) is 11.1. The second kappa shape index (κ2) is 23.5. The summed E-state index contributed by atoms with van der Waals surface area (Å²) < 4.78 is 56.5. The van der Waals surface area contributed by atoms with Gasteiger partial charge in [0.05, 0.1) is 27.3 Å². The van der Waals surface area contributed by atoms with Crippen LogP contribution in [-0.2, 0) is 42.1 Å². The van der Waals surface area contributed by atoms with Gasteiger partial charge < -0.3 is 55.0 Å². The van der Waals surface area contributed by atoms with Gasteiger partial charge >= 0.3 is 45.4 Å². The Kier molecular flexibility index (Phi) is 17.6. The van der Waals surface area contributed by atoms with Crippen molar-refractivity contribution in [3.05, 3.63) is 103 Å². The predicted octanol–water partition coefficient (Wildman–Crippen LogP) is 5.62. The molecule has 3 aromatic heterocycles. The number of benzene rings is 3. The second-order valence-corrected chi connectivity index (χ2v) is 22.2. The highest BCUT2D eigenvalue weighted by Gasteiger charge is 2.42. The van der Waals surface area contributed by atoms with Crippen molar-refractivity contribution >= 4 is 122 Å². The summed E-state index contributed by atoms with van der Waals surface area (Å²) in [6.45, 7) is 4.99. The largest absolute Gasteiger partial charge is 0.537 e. The van der Waals surface area contributed by atoms with Crippen molar-refractivity contribution in [2.24, 2.45) is 7.05 Å². The van der Waals surface area contributed by atoms with Crippen molar-refractivity contribution in [3.8, 4) is 17.2 Å². The van der Waals surface area contributed by atoms with Crippen molar-refractivity contribution in [3.63, 3.8) is 0 Å². The summed E-state index contributed by atoms with van der Waals surface area (Å²) >= 11 is 5.28. The van der Waals surface area contributed by atoms with E-state index in [0.29, 0.717) is 80.1 Å². The number of nitrogens with zero attached hydrogens (tertiary/aromatic N) is 5. The Bertz CT molecular complexity index is 3120. The minimum absolute atomic E-state index is 0.0322. The molecule has 8 N–H and O–H groups in total. The SMILES string of the molecule is Cc1ccc2c(c1C(=O)O)OB(O)[C@@H](Sc1c(NC=O)cnn1C)C2.Cc1ccc2c(c1C(=O)O)OB(O)[C@@H](Sc1nc(NC=O)cs1)C2.Cc1ccc2c(c1C(=O)O)OB(O)[C@@H](Sc1nnc(C(F)(F)F)s1)C2. The maximum Gasteiger partial charge on any atom is 0.537 e. The number of aromatic nitrogens is 5. The first-order valence-corrected chi connectivity index (χ1v) is 25.8. The van der Waals surface area contributed by atoms with Crippen LogP contribution in [0.5, 0.6) is 17.2 Å². The van der Waals surface area contributed by atoms with Gasteiger partial charge in [0.25, 0.3) is 0 Å². The Balaban J connectivity index is 0.000000162. The first-order valence-electron chi connectivity index (χ1n) is 21.5. The Hall–Kier alpha value is -6.28. The lowest BCUT2D eigenvalue weighted by atomic mass is 9.77. The van der Waals surface area contributed by atoms with Gasteiger partial charge in [0, 0.05) is 12.4 Å². The molecular formula is C42H39B3F3N7O14S5. The summed E-state index contributed by atoms with van der Waals surface area (Å²) in [4.78, 5) is 59.6. The number of carbonyl (C=O) groups is 5. The third kappa shape index (κ3) is 12.6. The number of carboxylic acids is 3. The van der Waals surface area contributed by atoms with E-state index in [1.54, 1.807) is 62.1 Å². The maximum atomic E-state index is 12.6. The molecule has 0 saturated carbocycles. The quantitative estimate of drug-likeness (QED) is 0.0514. The number of carbonyl (C=O) groups excluding carboxylic acids is 2. The van der Waals surface area contributed by atoms with E-state index < -0.39 is 55.6 Å². The molecule has 6 heterocycles. The summed E-state index contributed by atoms with van der Waals surface area (Å²) in [7, 11) is -1.98. The lowest BCUT2D eigenvalue weighted by Gasteiger charge is -2.28. The van der Waals surface area contributed by atoms with Gasteiger partial charge in [-0.2, -0.15) is 18.3 Å². The molecule has 3 atom stereocenters. The van der Waals surface area contributed by atoms with Crippen LogP contribution in [0, 0.1) is 20.8 Å². The summed E-state index contributed by atoms with van der Waals surface area (Å²) in [5.41, 5.74) is 4.34. The van der Waals surface area contributed by atoms with E-state index in [1.807, 2.05) is 12.1 Å². The molecule has 3 aromatic carbocycles. The Labute approximate surface area is 439 Å². The highest BCUT2D eigenvalue weighted by Crippen LogP contribution is 2.43. The van der Waals surface area contributed by atoms with E-state index in [4.69, 9.17) is 14.0 Å². The maximum absolute atomic E-state index is 12.6. The van der Waals surface area contributed by atoms with Crippen LogP contribution in [0.15, 0.2) is 61.7 Å². The van der Waals surface area contributed by atoms with E-state index in [2.05, 4.69) is 30.9 Å². The van der Waals surface area contributed by atoms with Gasteiger partial charge in [-0.05, 0) is 73.4 Å². The van der Waals surface area contributed by atoms with E-state index in [9.17, 15) is 67.5 Å². The third-order valence-corrected chi connectivity index (χ3v) is 17.0. The molecule has 3 aliphatic heterocycles. The Morgan fingerprint density at radius 1 is 0.703 bits per heavy atom. The van der Waals surface area contributed by atoms with Gasteiger partial charge in [-0.3, -0.25) is 14.3 Å². The number of hydrogen-bond donors (Lipinski definition) is 8. The molecule has 32 heteroatoms. The molecule has 0 spiro atoms. The molecule has 0 radical (unpaired) electrons. The minimum Gasteiger partial charge on any atom is -0.535 e. The molecular weight excluding hydrogens is 1080 g/mol. The van der Waals surface area contributed by atoms with E-state index >= 15 is 0 Å². The lowest BCUT2D eigenvalue weighted by molar-refractivity contribution is -0.138. The van der Waals surface area contributed by atoms with Crippen LogP contribution in [0.3, 0.4) is 0 Å². The number of aryl methyl sites for hydroxylation is 4. The van der Waals surface area contributed by atoms with Crippen LogP contribution in [0.25, 0.3) is 0 Å². The number of fused-ring (bicyclic) bond motifs is 3. The molecule has 0 bridgehead atoms. The summed E-state index contributed by atoms with van der Waals surface area (Å²) in [6.07, 6.45) is -0.834. The highest BCUT2D eigenvalue weighted by atomic mass is 32.2.